The fourth-order valence-electron chi connectivity index (χ4n) is 4.03. The second-order valence-corrected chi connectivity index (χ2v) is 7.03. The first-order valence-corrected chi connectivity index (χ1v) is 9.16. The van der Waals surface area contributed by atoms with Crippen molar-refractivity contribution in [3.8, 4) is 11.1 Å². The van der Waals surface area contributed by atoms with Crippen LogP contribution in [0.1, 0.15) is 5.56 Å². The third-order valence-corrected chi connectivity index (χ3v) is 5.32. The molecule has 0 radical (unpaired) electrons. The zero-order chi connectivity index (χ0) is 17.8. The van der Waals surface area contributed by atoms with Gasteiger partial charge < -0.3 is 4.98 Å². The molecule has 1 aromatic heterocycles. The van der Waals surface area contributed by atoms with Crippen LogP contribution in [0.4, 0.5) is 5.69 Å². The maximum absolute atomic E-state index is 4.71. The van der Waals surface area contributed by atoms with Crippen molar-refractivity contribution in [3.05, 3.63) is 101 Å². The van der Waals surface area contributed by atoms with Crippen LogP contribution in [0.25, 0.3) is 39.0 Å². The molecule has 0 fully saturated rings. The van der Waals surface area contributed by atoms with Crippen molar-refractivity contribution in [2.75, 3.05) is 0 Å². The first-order chi connectivity index (χ1) is 13.3. The third-order valence-electron chi connectivity index (χ3n) is 5.32. The van der Waals surface area contributed by atoms with Crippen LogP contribution in [0.3, 0.4) is 0 Å². The third kappa shape index (κ3) is 2.24. The number of H-pyrrole nitrogens is 1. The number of rotatable bonds is 1. The van der Waals surface area contributed by atoms with Crippen molar-refractivity contribution in [2.45, 2.75) is 0 Å². The summed E-state index contributed by atoms with van der Waals surface area (Å²) in [5.41, 5.74) is 7.05. The Morgan fingerprint density at radius 1 is 0.667 bits per heavy atom. The van der Waals surface area contributed by atoms with E-state index in [1.54, 1.807) is 0 Å². The average Bonchev–Trinajstić information content (AvgIpc) is 3.26. The molecule has 0 spiro atoms. The first kappa shape index (κ1) is 14.5. The summed E-state index contributed by atoms with van der Waals surface area (Å²) in [5.74, 6) is 0. The molecular weight excluding hydrogens is 328 g/mol. The fraction of sp³-hybridized carbons (Fsp3) is 0. The molecule has 0 bridgehead atoms. The van der Waals surface area contributed by atoms with Gasteiger partial charge in [0.2, 0.25) is 0 Å². The summed E-state index contributed by atoms with van der Waals surface area (Å²) in [5, 5.41) is 4.78. The van der Waals surface area contributed by atoms with Crippen molar-refractivity contribution in [3.63, 3.8) is 0 Å². The van der Waals surface area contributed by atoms with Gasteiger partial charge in [-0.15, -0.1) is 0 Å². The Morgan fingerprint density at radius 2 is 1.52 bits per heavy atom. The van der Waals surface area contributed by atoms with Crippen LogP contribution in [0.5, 0.6) is 0 Å². The number of hydrogen-bond acceptors (Lipinski definition) is 1. The Morgan fingerprint density at radius 3 is 2.52 bits per heavy atom. The molecule has 6 rings (SSSR count). The van der Waals surface area contributed by atoms with E-state index in [2.05, 4.69) is 89.9 Å². The zero-order valence-electron chi connectivity index (χ0n) is 14.6. The summed E-state index contributed by atoms with van der Waals surface area (Å²) in [4.78, 5) is 8.20. The van der Waals surface area contributed by atoms with Gasteiger partial charge in [0.05, 0.1) is 11.0 Å². The second-order valence-electron chi connectivity index (χ2n) is 7.03. The van der Waals surface area contributed by atoms with Gasteiger partial charge in [-0.1, -0.05) is 48.5 Å². The van der Waals surface area contributed by atoms with Gasteiger partial charge in [-0.2, -0.15) is 0 Å². The second kappa shape index (κ2) is 5.42. The lowest BCUT2D eigenvalue weighted by molar-refractivity contribution is 1.40. The zero-order valence-corrected chi connectivity index (χ0v) is 14.6. The Kier molecular flexibility index (Phi) is 2.91. The van der Waals surface area contributed by atoms with Crippen LogP contribution in [0, 0.1) is 0 Å². The van der Waals surface area contributed by atoms with Gasteiger partial charge in [0.1, 0.15) is 0 Å². The molecular formula is C25H16N2. The van der Waals surface area contributed by atoms with Crippen molar-refractivity contribution < 1.29 is 0 Å². The van der Waals surface area contributed by atoms with Gasteiger partial charge in [0.15, 0.2) is 0 Å². The topological polar surface area (TPSA) is 28.1 Å². The highest BCUT2D eigenvalue weighted by atomic mass is 14.8. The number of hydrogen-bond donors (Lipinski definition) is 1. The van der Waals surface area contributed by atoms with E-state index in [4.69, 9.17) is 4.99 Å². The van der Waals surface area contributed by atoms with Gasteiger partial charge in [-0.25, -0.2) is 4.99 Å². The minimum absolute atomic E-state index is 1.06. The van der Waals surface area contributed by atoms with E-state index >= 15 is 0 Å². The van der Waals surface area contributed by atoms with Crippen LogP contribution >= 0.6 is 0 Å². The van der Waals surface area contributed by atoms with Gasteiger partial charge >= 0.3 is 0 Å². The van der Waals surface area contributed by atoms with Crippen molar-refractivity contribution in [1.29, 1.82) is 0 Å². The summed E-state index contributed by atoms with van der Waals surface area (Å²) in [6.45, 7) is 0. The van der Waals surface area contributed by atoms with Crippen molar-refractivity contribution in [1.82, 2.24) is 4.98 Å². The number of nitrogens with one attached hydrogen (secondary N) is 1. The number of para-hydroxylation sites is 2. The number of benzene rings is 4. The van der Waals surface area contributed by atoms with E-state index in [9.17, 15) is 0 Å². The maximum atomic E-state index is 4.71. The van der Waals surface area contributed by atoms with E-state index < -0.39 is 0 Å². The lowest BCUT2D eigenvalue weighted by Crippen LogP contribution is -2.09. The van der Waals surface area contributed by atoms with E-state index in [1.165, 1.54) is 43.7 Å². The average molecular weight is 344 g/mol. The molecule has 0 atom stereocenters. The Bertz CT molecular complexity index is 1470. The van der Waals surface area contributed by atoms with Gasteiger partial charge in [0.25, 0.3) is 0 Å². The molecule has 2 heteroatoms. The lowest BCUT2D eigenvalue weighted by atomic mass is 10.0. The van der Waals surface area contributed by atoms with E-state index in [0.717, 1.165) is 11.0 Å². The van der Waals surface area contributed by atoms with E-state index in [-0.39, 0.29) is 0 Å². The summed E-state index contributed by atoms with van der Waals surface area (Å²) in [6.07, 6.45) is 2.24. The number of fused-ring (bicyclic) bond motifs is 6. The fourth-order valence-corrected chi connectivity index (χ4v) is 4.03. The number of nitrogens with zero attached hydrogens (tertiary/aromatic N) is 1. The predicted octanol–water partition coefficient (Wildman–Crippen LogP) is 5.08. The normalized spacial score (nSPS) is 13.0. The van der Waals surface area contributed by atoms with Crippen LogP contribution < -0.4 is 10.6 Å². The predicted molar refractivity (Wildman–Crippen MR) is 112 cm³/mol. The van der Waals surface area contributed by atoms with Crippen molar-refractivity contribution in [2.24, 2.45) is 4.99 Å². The van der Waals surface area contributed by atoms with E-state index in [1.807, 2.05) is 6.07 Å². The highest BCUT2D eigenvalue weighted by Crippen LogP contribution is 2.31. The van der Waals surface area contributed by atoms with Gasteiger partial charge in [0, 0.05) is 32.9 Å². The van der Waals surface area contributed by atoms with Crippen LogP contribution in [0.2, 0.25) is 0 Å². The number of aromatic amines is 1. The molecule has 27 heavy (non-hydrogen) atoms. The van der Waals surface area contributed by atoms with E-state index in [0.29, 0.717) is 0 Å². The number of aromatic nitrogens is 1. The Labute approximate surface area is 156 Å². The highest BCUT2D eigenvalue weighted by Gasteiger charge is 2.12. The molecule has 5 aromatic rings. The molecule has 2 nitrogen and oxygen atoms in total. The van der Waals surface area contributed by atoms with Gasteiger partial charge in [-0.05, 0) is 53.3 Å². The van der Waals surface area contributed by atoms with Gasteiger partial charge in [-0.3, -0.25) is 0 Å². The maximum Gasteiger partial charge on any atom is 0.0716 e. The molecule has 1 aliphatic heterocycles. The summed E-state index contributed by atoms with van der Waals surface area (Å²) < 4.78 is 0. The van der Waals surface area contributed by atoms with Crippen LogP contribution in [0.15, 0.2) is 89.9 Å². The molecule has 1 aliphatic rings. The molecule has 0 unspecified atom stereocenters. The monoisotopic (exact) mass is 344 g/mol. The minimum Gasteiger partial charge on any atom is -0.355 e. The molecule has 0 amide bonds. The standard InChI is InChI=1S/C25H16N2/c1-3-7-22-18(5-1)20-14-16(9-11-24(20)26-22)13-17-10-12-25-21(15-17)19-6-2-4-8-23(19)27-25/h1-15,26H. The molecule has 126 valence electrons. The molecule has 2 heterocycles. The molecule has 4 aromatic carbocycles. The SMILES string of the molecule is C(c1ccc2[nH]c3ccccc3c2c1)=c1ccc2c(c1)-c1ccccc1N=2. The molecule has 0 aliphatic carbocycles. The Hall–Kier alpha value is -3.65. The Balaban J connectivity index is 1.53. The largest absolute Gasteiger partial charge is 0.355 e. The van der Waals surface area contributed by atoms with Crippen LogP contribution in [-0.4, -0.2) is 4.98 Å². The summed E-state index contributed by atoms with van der Waals surface area (Å²) in [6, 6.07) is 29.9. The first-order valence-electron chi connectivity index (χ1n) is 9.16. The molecule has 1 N–H and O–H groups in total. The molecule has 0 saturated heterocycles. The quantitative estimate of drug-likeness (QED) is 0.431. The summed E-state index contributed by atoms with van der Waals surface area (Å²) in [7, 11) is 0. The smallest absolute Gasteiger partial charge is 0.0716 e. The highest BCUT2D eigenvalue weighted by molar-refractivity contribution is 6.07. The summed E-state index contributed by atoms with van der Waals surface area (Å²) >= 11 is 0. The van der Waals surface area contributed by atoms with Crippen LogP contribution in [-0.2, 0) is 0 Å². The molecule has 0 saturated carbocycles. The lowest BCUT2D eigenvalue weighted by Gasteiger charge is -1.99. The minimum atomic E-state index is 1.06. The van der Waals surface area contributed by atoms with Crippen molar-refractivity contribution >= 4 is 33.6 Å².